The first-order valence-electron chi connectivity index (χ1n) is 9.17. The number of guanidine groups is 1. The maximum atomic E-state index is 12.7. The van der Waals surface area contributed by atoms with Crippen molar-refractivity contribution in [2.45, 2.75) is 6.42 Å². The van der Waals surface area contributed by atoms with Crippen LogP contribution in [0, 0.1) is 5.41 Å². The van der Waals surface area contributed by atoms with Crippen molar-refractivity contribution in [2.24, 2.45) is 22.2 Å². The van der Waals surface area contributed by atoms with Crippen LogP contribution in [0.15, 0.2) is 59.6 Å². The smallest absolute Gasteiger partial charge is 0.343 e. The molecule has 0 spiro atoms. The Morgan fingerprint density at radius 3 is 2.26 bits per heavy atom. The second-order valence-corrected chi connectivity index (χ2v) is 6.62. The van der Waals surface area contributed by atoms with Gasteiger partial charge in [-0.15, -0.1) is 0 Å². The molecule has 0 saturated carbocycles. The number of hydrogen-bond acceptors (Lipinski definition) is 6. The Morgan fingerprint density at radius 1 is 0.968 bits per heavy atom. The number of hydrogen-bond donors (Lipinski definition) is 4. The van der Waals surface area contributed by atoms with Crippen LogP contribution >= 0.6 is 0 Å². The third kappa shape index (κ3) is 4.96. The Morgan fingerprint density at radius 2 is 1.65 bits per heavy atom. The normalized spacial score (nSPS) is 10.4. The number of methoxy groups -OCH3 is 1. The highest BCUT2D eigenvalue weighted by Gasteiger charge is 2.17. The van der Waals surface area contributed by atoms with E-state index in [1.165, 1.54) is 19.2 Å². The van der Waals surface area contributed by atoms with Crippen molar-refractivity contribution in [3.63, 3.8) is 0 Å². The Kier molecular flexibility index (Phi) is 6.15. The summed E-state index contributed by atoms with van der Waals surface area (Å²) in [6.07, 6.45) is -0.0979. The van der Waals surface area contributed by atoms with Crippen molar-refractivity contribution in [1.29, 1.82) is 5.41 Å². The molecular weight excluding hydrogens is 398 g/mol. The molecule has 0 fully saturated rings. The van der Waals surface area contributed by atoms with E-state index < -0.39 is 11.9 Å². The molecule has 31 heavy (non-hydrogen) atoms. The van der Waals surface area contributed by atoms with Gasteiger partial charge in [-0.1, -0.05) is 18.2 Å². The van der Waals surface area contributed by atoms with Crippen LogP contribution in [-0.4, -0.2) is 30.8 Å². The Balaban J connectivity index is 1.98. The molecule has 0 saturated heterocycles. The van der Waals surface area contributed by atoms with E-state index >= 15 is 0 Å². The minimum Gasteiger partial charge on any atom is -0.469 e. The number of nitrogens with two attached hydrogens (primary N) is 3. The summed E-state index contributed by atoms with van der Waals surface area (Å²) in [5, 5.41) is 9.03. The van der Waals surface area contributed by atoms with Crippen LogP contribution in [0.2, 0.25) is 0 Å². The van der Waals surface area contributed by atoms with E-state index in [4.69, 9.17) is 32.1 Å². The van der Waals surface area contributed by atoms with Crippen molar-refractivity contribution in [2.75, 3.05) is 7.11 Å². The lowest BCUT2D eigenvalue weighted by molar-refractivity contribution is -0.139. The number of rotatable bonds is 6. The predicted octanol–water partition coefficient (Wildman–Crippen LogP) is 1.96. The monoisotopic (exact) mass is 419 g/mol. The number of carbonyl (C=O) groups excluding carboxylic acids is 2. The van der Waals surface area contributed by atoms with Gasteiger partial charge in [-0.2, -0.15) is 0 Å². The van der Waals surface area contributed by atoms with Gasteiger partial charge >= 0.3 is 11.9 Å². The first kappa shape index (κ1) is 21.3. The molecule has 158 valence electrons. The third-order valence-electron chi connectivity index (χ3n) is 4.51. The summed E-state index contributed by atoms with van der Waals surface area (Å²) in [5.74, 6) is -1.03. The summed E-state index contributed by atoms with van der Waals surface area (Å²) in [6, 6.07) is 14.7. The zero-order valence-corrected chi connectivity index (χ0v) is 16.7. The summed E-state index contributed by atoms with van der Waals surface area (Å²) in [4.78, 5) is 28.5. The second-order valence-electron chi connectivity index (χ2n) is 6.62. The first-order chi connectivity index (χ1) is 14.8. The zero-order valence-electron chi connectivity index (χ0n) is 16.7. The molecule has 7 N–H and O–H groups in total. The van der Waals surface area contributed by atoms with Gasteiger partial charge < -0.3 is 26.7 Å². The van der Waals surface area contributed by atoms with E-state index in [-0.39, 0.29) is 29.5 Å². The highest BCUT2D eigenvalue weighted by Crippen LogP contribution is 2.30. The lowest BCUT2D eigenvalue weighted by Crippen LogP contribution is -2.21. The van der Waals surface area contributed by atoms with Gasteiger partial charge in [0.2, 0.25) is 0 Å². The molecule has 0 amide bonds. The SMILES string of the molecule is COC(=O)Cc1c(OC(=O)c2ccc(N=C(N)N)cc2)ccc2cc(C(=N)N)ccc12. The molecule has 0 bridgehead atoms. The average Bonchev–Trinajstić information content (AvgIpc) is 2.74. The molecule has 9 nitrogen and oxygen atoms in total. The summed E-state index contributed by atoms with van der Waals surface area (Å²) < 4.78 is 10.4. The van der Waals surface area contributed by atoms with E-state index in [1.807, 2.05) is 0 Å². The highest BCUT2D eigenvalue weighted by atomic mass is 16.5. The van der Waals surface area contributed by atoms with Gasteiger partial charge in [0.15, 0.2) is 5.96 Å². The van der Waals surface area contributed by atoms with Gasteiger partial charge in [0.25, 0.3) is 0 Å². The van der Waals surface area contributed by atoms with Gasteiger partial charge in [-0.05, 0) is 47.2 Å². The number of carbonyl (C=O) groups is 2. The maximum absolute atomic E-state index is 12.7. The van der Waals surface area contributed by atoms with Crippen LogP contribution in [0.1, 0.15) is 21.5 Å². The van der Waals surface area contributed by atoms with Gasteiger partial charge in [-0.25, -0.2) is 9.79 Å². The molecule has 0 aromatic heterocycles. The average molecular weight is 419 g/mol. The van der Waals surface area contributed by atoms with Crippen molar-refractivity contribution < 1.29 is 19.1 Å². The standard InChI is InChI=1S/C22H21N5O4/c1-30-19(28)11-17-16-8-4-14(20(23)24)10-13(16)5-9-18(17)31-21(29)12-2-6-15(7-3-12)27-22(25)26/h2-10H,11H2,1H3,(H3,23,24)(H4,25,26,27). The van der Waals surface area contributed by atoms with E-state index in [9.17, 15) is 9.59 Å². The fraction of sp³-hybridized carbons (Fsp3) is 0.0909. The van der Waals surface area contributed by atoms with Crippen molar-refractivity contribution in [3.05, 3.63) is 71.3 Å². The molecular formula is C22H21N5O4. The number of benzene rings is 3. The number of nitrogen functional groups attached to an aromatic ring is 1. The molecule has 9 heteroatoms. The van der Waals surface area contributed by atoms with Gasteiger partial charge in [0.1, 0.15) is 11.6 Å². The minimum absolute atomic E-state index is 0.0731. The Hall–Kier alpha value is -4.40. The number of fused-ring (bicyclic) bond motifs is 1. The lowest BCUT2D eigenvalue weighted by atomic mass is 9.98. The molecule has 3 rings (SSSR count). The number of esters is 2. The molecule has 0 heterocycles. The molecule has 0 unspecified atom stereocenters. The molecule has 0 aliphatic carbocycles. The van der Waals surface area contributed by atoms with E-state index in [0.29, 0.717) is 22.2 Å². The number of ether oxygens (including phenoxy) is 2. The first-order valence-corrected chi connectivity index (χ1v) is 9.17. The van der Waals surface area contributed by atoms with Crippen molar-refractivity contribution in [3.8, 4) is 5.75 Å². The fourth-order valence-electron chi connectivity index (χ4n) is 3.02. The molecule has 0 atom stereocenters. The minimum atomic E-state index is -0.609. The Labute approximate surface area is 178 Å². The van der Waals surface area contributed by atoms with E-state index in [0.717, 1.165) is 5.39 Å². The van der Waals surface area contributed by atoms with Crippen molar-refractivity contribution >= 4 is 40.2 Å². The predicted molar refractivity (Wildman–Crippen MR) is 118 cm³/mol. The van der Waals surface area contributed by atoms with Gasteiger partial charge in [0.05, 0.1) is 24.8 Å². The van der Waals surface area contributed by atoms with Crippen LogP contribution in [0.3, 0.4) is 0 Å². The number of nitrogens with zero attached hydrogens (tertiary/aromatic N) is 1. The van der Waals surface area contributed by atoms with E-state index in [1.54, 1.807) is 42.5 Å². The zero-order chi connectivity index (χ0) is 22.5. The summed E-state index contributed by atoms with van der Waals surface area (Å²) in [6.45, 7) is 0. The highest BCUT2D eigenvalue weighted by molar-refractivity contribution is 6.01. The van der Waals surface area contributed by atoms with Crippen LogP contribution < -0.4 is 21.9 Å². The molecule has 0 aliphatic heterocycles. The fourth-order valence-corrected chi connectivity index (χ4v) is 3.02. The van der Waals surface area contributed by atoms with Gasteiger partial charge in [-0.3, -0.25) is 10.2 Å². The van der Waals surface area contributed by atoms with Crippen LogP contribution in [0.25, 0.3) is 10.8 Å². The topological polar surface area (TPSA) is 167 Å². The van der Waals surface area contributed by atoms with Crippen LogP contribution in [-0.2, 0) is 16.0 Å². The van der Waals surface area contributed by atoms with Crippen molar-refractivity contribution in [1.82, 2.24) is 0 Å². The second kappa shape index (κ2) is 8.95. The quantitative estimate of drug-likeness (QED) is 0.205. The number of amidine groups is 1. The van der Waals surface area contributed by atoms with Crippen LogP contribution in [0.4, 0.5) is 5.69 Å². The van der Waals surface area contributed by atoms with E-state index in [2.05, 4.69) is 4.99 Å². The molecule has 0 aliphatic rings. The number of nitrogens with one attached hydrogen (secondary N) is 1. The summed E-state index contributed by atoms with van der Waals surface area (Å²) >= 11 is 0. The van der Waals surface area contributed by atoms with Crippen LogP contribution in [0.5, 0.6) is 5.75 Å². The maximum Gasteiger partial charge on any atom is 0.343 e. The largest absolute Gasteiger partial charge is 0.469 e. The third-order valence-corrected chi connectivity index (χ3v) is 4.51. The number of aliphatic imine (C=N–C) groups is 1. The molecule has 0 radical (unpaired) electrons. The van der Waals surface area contributed by atoms with Gasteiger partial charge in [0, 0.05) is 11.1 Å². The molecule has 3 aromatic carbocycles. The summed E-state index contributed by atoms with van der Waals surface area (Å²) in [7, 11) is 1.28. The molecule has 3 aromatic rings. The lowest BCUT2D eigenvalue weighted by Gasteiger charge is -2.13. The Bertz CT molecular complexity index is 1200. The summed E-state index contributed by atoms with van der Waals surface area (Å²) in [5.41, 5.74) is 18.1.